The first kappa shape index (κ1) is 15.5. The van der Waals surface area contributed by atoms with Gasteiger partial charge in [0.25, 0.3) is 0 Å². The fraction of sp³-hybridized carbons (Fsp3) is 0.533. The van der Waals surface area contributed by atoms with Crippen LogP contribution in [0.2, 0.25) is 0 Å². The van der Waals surface area contributed by atoms with Gasteiger partial charge in [0.1, 0.15) is 0 Å². The minimum absolute atomic E-state index is 0.0450. The van der Waals surface area contributed by atoms with Gasteiger partial charge in [-0.3, -0.25) is 0 Å². The lowest BCUT2D eigenvalue weighted by atomic mass is 9.89. The Hall–Kier alpha value is -1.55. The van der Waals surface area contributed by atoms with Gasteiger partial charge in [-0.25, -0.2) is 4.79 Å². The molecule has 0 aliphatic heterocycles. The first-order chi connectivity index (χ1) is 8.69. The molecular formula is C15H23NO3. The molecule has 1 unspecified atom stereocenters. The van der Waals surface area contributed by atoms with Crippen molar-refractivity contribution in [3.8, 4) is 0 Å². The van der Waals surface area contributed by atoms with Crippen LogP contribution in [-0.4, -0.2) is 28.8 Å². The zero-order valence-electron chi connectivity index (χ0n) is 12.0. The van der Waals surface area contributed by atoms with Crippen LogP contribution in [0, 0.1) is 12.3 Å². The van der Waals surface area contributed by atoms with Crippen LogP contribution < -0.4 is 5.32 Å². The summed E-state index contributed by atoms with van der Waals surface area (Å²) in [7, 11) is 0. The van der Waals surface area contributed by atoms with E-state index >= 15 is 0 Å². The molecule has 1 rings (SSSR count). The fourth-order valence-electron chi connectivity index (χ4n) is 2.00. The number of aliphatic hydroxyl groups excluding tert-OH is 1. The van der Waals surface area contributed by atoms with Crippen molar-refractivity contribution < 1.29 is 15.0 Å². The number of benzene rings is 1. The molecule has 0 aliphatic rings. The monoisotopic (exact) mass is 265 g/mol. The van der Waals surface area contributed by atoms with Gasteiger partial charge in [0.2, 0.25) is 0 Å². The van der Waals surface area contributed by atoms with E-state index in [4.69, 9.17) is 5.11 Å². The van der Waals surface area contributed by atoms with Crippen molar-refractivity contribution in [2.45, 2.75) is 40.2 Å². The zero-order chi connectivity index (χ0) is 14.6. The third kappa shape index (κ3) is 5.30. The number of carboxylic acids is 1. The number of aromatic carboxylic acids is 1. The van der Waals surface area contributed by atoms with E-state index in [9.17, 15) is 9.90 Å². The summed E-state index contributed by atoms with van der Waals surface area (Å²) >= 11 is 0. The maximum Gasteiger partial charge on any atom is 0.337 e. The van der Waals surface area contributed by atoms with Crippen LogP contribution in [0.25, 0.3) is 0 Å². The Labute approximate surface area is 114 Å². The molecule has 106 valence electrons. The number of carboxylic acid groups (broad SMARTS) is 1. The van der Waals surface area contributed by atoms with Crippen molar-refractivity contribution in [2.75, 3.05) is 11.9 Å². The van der Waals surface area contributed by atoms with Gasteiger partial charge in [0.15, 0.2) is 0 Å². The molecule has 3 N–H and O–H groups in total. The molecule has 4 heteroatoms. The van der Waals surface area contributed by atoms with Gasteiger partial charge < -0.3 is 15.5 Å². The first-order valence-corrected chi connectivity index (χ1v) is 6.45. The van der Waals surface area contributed by atoms with Gasteiger partial charge in [0.05, 0.1) is 11.7 Å². The topological polar surface area (TPSA) is 69.6 Å². The molecule has 1 atom stereocenters. The third-order valence-electron chi connectivity index (χ3n) is 2.78. The number of carbonyl (C=O) groups is 1. The van der Waals surface area contributed by atoms with E-state index < -0.39 is 12.1 Å². The average Bonchev–Trinajstić information content (AvgIpc) is 2.23. The van der Waals surface area contributed by atoms with E-state index in [0.717, 1.165) is 5.56 Å². The maximum absolute atomic E-state index is 11.1. The molecule has 0 amide bonds. The van der Waals surface area contributed by atoms with Crippen molar-refractivity contribution in [1.82, 2.24) is 0 Å². The molecule has 0 aliphatic carbocycles. The van der Waals surface area contributed by atoms with Crippen LogP contribution in [0.1, 0.15) is 43.1 Å². The molecule has 0 spiro atoms. The van der Waals surface area contributed by atoms with Crippen molar-refractivity contribution >= 4 is 11.7 Å². The number of nitrogens with one attached hydrogen (secondary N) is 1. The fourth-order valence-corrected chi connectivity index (χ4v) is 2.00. The number of hydrogen-bond donors (Lipinski definition) is 3. The van der Waals surface area contributed by atoms with Gasteiger partial charge in [-0.1, -0.05) is 26.8 Å². The molecule has 1 aromatic carbocycles. The van der Waals surface area contributed by atoms with Crippen molar-refractivity contribution in [3.05, 3.63) is 29.3 Å². The maximum atomic E-state index is 11.1. The SMILES string of the molecule is Cc1ccc(C(=O)O)c(NCC(O)CC(C)(C)C)c1. The molecule has 1 aromatic rings. The van der Waals surface area contributed by atoms with Gasteiger partial charge in [-0.05, 0) is 36.5 Å². The standard InChI is InChI=1S/C15H23NO3/c1-10-5-6-12(14(18)19)13(7-10)16-9-11(17)8-15(2,3)4/h5-7,11,16-17H,8-9H2,1-4H3,(H,18,19). The first-order valence-electron chi connectivity index (χ1n) is 6.45. The highest BCUT2D eigenvalue weighted by atomic mass is 16.4. The summed E-state index contributed by atoms with van der Waals surface area (Å²) < 4.78 is 0. The normalized spacial score (nSPS) is 13.1. The number of aliphatic hydroxyl groups is 1. The highest BCUT2D eigenvalue weighted by molar-refractivity contribution is 5.94. The molecule has 0 fully saturated rings. The van der Waals surface area contributed by atoms with Crippen LogP contribution in [0.15, 0.2) is 18.2 Å². The Balaban J connectivity index is 2.72. The summed E-state index contributed by atoms with van der Waals surface area (Å²) in [6.07, 6.45) is 0.163. The summed E-state index contributed by atoms with van der Waals surface area (Å²) in [5.41, 5.74) is 1.82. The Morgan fingerprint density at radius 1 is 1.37 bits per heavy atom. The molecule has 0 heterocycles. The van der Waals surface area contributed by atoms with E-state index in [2.05, 4.69) is 26.1 Å². The van der Waals surface area contributed by atoms with Crippen LogP contribution in [0.3, 0.4) is 0 Å². The second-order valence-electron chi connectivity index (χ2n) is 6.15. The number of hydrogen-bond acceptors (Lipinski definition) is 3. The Kier molecular flexibility index (Phi) is 4.95. The van der Waals surface area contributed by atoms with Crippen molar-refractivity contribution in [3.63, 3.8) is 0 Å². The molecule has 4 nitrogen and oxygen atoms in total. The van der Waals surface area contributed by atoms with Crippen LogP contribution >= 0.6 is 0 Å². The van der Waals surface area contributed by atoms with Crippen LogP contribution in [0.5, 0.6) is 0 Å². The lowest BCUT2D eigenvalue weighted by Gasteiger charge is -2.23. The molecule has 0 saturated heterocycles. The Morgan fingerprint density at radius 3 is 2.53 bits per heavy atom. The quantitative estimate of drug-likeness (QED) is 0.765. The van der Waals surface area contributed by atoms with Crippen LogP contribution in [0.4, 0.5) is 5.69 Å². The third-order valence-corrected chi connectivity index (χ3v) is 2.78. The van der Waals surface area contributed by atoms with Crippen molar-refractivity contribution in [1.29, 1.82) is 0 Å². The smallest absolute Gasteiger partial charge is 0.337 e. The number of anilines is 1. The molecule has 0 saturated carbocycles. The number of aryl methyl sites for hydroxylation is 1. The van der Waals surface area contributed by atoms with Gasteiger partial charge in [-0.15, -0.1) is 0 Å². The van der Waals surface area contributed by atoms with E-state index in [-0.39, 0.29) is 11.0 Å². The largest absolute Gasteiger partial charge is 0.478 e. The minimum Gasteiger partial charge on any atom is -0.478 e. The number of rotatable bonds is 5. The van der Waals surface area contributed by atoms with Crippen molar-refractivity contribution in [2.24, 2.45) is 5.41 Å². The summed E-state index contributed by atoms with van der Waals surface area (Å²) in [5.74, 6) is -0.965. The summed E-state index contributed by atoms with van der Waals surface area (Å²) in [6, 6.07) is 5.13. The van der Waals surface area contributed by atoms with Gasteiger partial charge in [-0.2, -0.15) is 0 Å². The Morgan fingerprint density at radius 2 is 2.00 bits per heavy atom. The molecule has 0 bridgehead atoms. The molecule has 19 heavy (non-hydrogen) atoms. The zero-order valence-corrected chi connectivity index (χ0v) is 12.0. The highest BCUT2D eigenvalue weighted by Gasteiger charge is 2.17. The second kappa shape index (κ2) is 6.06. The predicted octanol–water partition coefficient (Wildman–Crippen LogP) is 2.90. The summed E-state index contributed by atoms with van der Waals surface area (Å²) in [6.45, 7) is 8.44. The summed E-state index contributed by atoms with van der Waals surface area (Å²) in [4.78, 5) is 11.1. The Bertz CT molecular complexity index is 449. The lowest BCUT2D eigenvalue weighted by Crippen LogP contribution is -2.25. The van der Waals surface area contributed by atoms with E-state index in [1.165, 1.54) is 0 Å². The highest BCUT2D eigenvalue weighted by Crippen LogP contribution is 2.22. The summed E-state index contributed by atoms with van der Waals surface area (Å²) in [5, 5.41) is 22.1. The van der Waals surface area contributed by atoms with E-state index in [0.29, 0.717) is 18.7 Å². The average molecular weight is 265 g/mol. The lowest BCUT2D eigenvalue weighted by molar-refractivity contribution is 0.0697. The van der Waals surface area contributed by atoms with Gasteiger partial charge >= 0.3 is 5.97 Å². The van der Waals surface area contributed by atoms with Gasteiger partial charge in [0, 0.05) is 12.2 Å². The minimum atomic E-state index is -0.965. The molecule has 0 aromatic heterocycles. The van der Waals surface area contributed by atoms with E-state index in [1.807, 2.05) is 6.92 Å². The second-order valence-corrected chi connectivity index (χ2v) is 6.15. The molecule has 0 radical (unpaired) electrons. The van der Waals surface area contributed by atoms with Crippen LogP contribution in [-0.2, 0) is 0 Å². The predicted molar refractivity (Wildman–Crippen MR) is 76.7 cm³/mol. The molecular weight excluding hydrogens is 242 g/mol. The van der Waals surface area contributed by atoms with E-state index in [1.54, 1.807) is 18.2 Å².